The van der Waals surface area contributed by atoms with E-state index in [4.69, 9.17) is 9.47 Å². The second-order valence-electron chi connectivity index (χ2n) is 6.72. The third-order valence-corrected chi connectivity index (χ3v) is 4.82. The highest BCUT2D eigenvalue weighted by atomic mass is 16.5. The molecule has 7 nitrogen and oxygen atoms in total. The predicted molar refractivity (Wildman–Crippen MR) is 113 cm³/mol. The number of piperazine rings is 1. The fraction of sp³-hybridized carbons (Fsp3) is 0.364. The molecule has 29 heavy (non-hydrogen) atoms. The van der Waals surface area contributed by atoms with Crippen molar-refractivity contribution in [2.24, 2.45) is 0 Å². The van der Waals surface area contributed by atoms with Gasteiger partial charge in [0.2, 0.25) is 11.8 Å². The molecule has 7 heteroatoms. The van der Waals surface area contributed by atoms with Crippen molar-refractivity contribution < 1.29 is 19.1 Å². The molecule has 2 aromatic rings. The van der Waals surface area contributed by atoms with Crippen molar-refractivity contribution in [2.75, 3.05) is 50.1 Å². The van der Waals surface area contributed by atoms with E-state index in [0.717, 1.165) is 17.2 Å². The van der Waals surface area contributed by atoms with E-state index in [9.17, 15) is 9.59 Å². The van der Waals surface area contributed by atoms with Gasteiger partial charge in [0.05, 0.1) is 19.4 Å². The van der Waals surface area contributed by atoms with E-state index in [1.807, 2.05) is 31.2 Å². The quantitative estimate of drug-likeness (QED) is 0.728. The van der Waals surface area contributed by atoms with Gasteiger partial charge in [-0.1, -0.05) is 12.1 Å². The van der Waals surface area contributed by atoms with Crippen LogP contribution in [-0.2, 0) is 9.59 Å². The lowest BCUT2D eigenvalue weighted by Gasteiger charge is -2.36. The summed E-state index contributed by atoms with van der Waals surface area (Å²) in [4.78, 5) is 28.7. The molecule has 0 aliphatic carbocycles. The van der Waals surface area contributed by atoms with Crippen molar-refractivity contribution in [1.29, 1.82) is 0 Å². The second-order valence-corrected chi connectivity index (χ2v) is 6.72. The Labute approximate surface area is 171 Å². The topological polar surface area (TPSA) is 71.1 Å². The summed E-state index contributed by atoms with van der Waals surface area (Å²) in [5.74, 6) is 1.09. The first-order valence-electron chi connectivity index (χ1n) is 9.79. The average molecular weight is 397 g/mol. The summed E-state index contributed by atoms with van der Waals surface area (Å²) in [5, 5.41) is 2.76. The molecule has 0 atom stereocenters. The SMILES string of the molecule is CCOc1ccc(NC(=O)CC(=O)N2CCN(c3ccccc3OC)CC2)cc1. The smallest absolute Gasteiger partial charge is 0.233 e. The maximum Gasteiger partial charge on any atom is 0.233 e. The number of carbonyl (C=O) groups excluding carboxylic acids is 2. The first kappa shape index (κ1) is 20.5. The molecule has 2 amide bonds. The van der Waals surface area contributed by atoms with Crippen LogP contribution in [0.5, 0.6) is 11.5 Å². The molecular formula is C22H27N3O4. The molecule has 154 valence electrons. The van der Waals surface area contributed by atoms with Gasteiger partial charge in [0, 0.05) is 31.9 Å². The van der Waals surface area contributed by atoms with Gasteiger partial charge in [0.15, 0.2) is 0 Å². The summed E-state index contributed by atoms with van der Waals surface area (Å²) in [5.41, 5.74) is 1.67. The highest BCUT2D eigenvalue weighted by molar-refractivity contribution is 6.03. The third kappa shape index (κ3) is 5.40. The molecule has 0 saturated carbocycles. The lowest BCUT2D eigenvalue weighted by atomic mass is 10.2. The number of ether oxygens (including phenoxy) is 2. The monoisotopic (exact) mass is 397 g/mol. The maximum absolute atomic E-state index is 12.5. The second kappa shape index (κ2) is 9.82. The fourth-order valence-electron chi connectivity index (χ4n) is 3.34. The maximum atomic E-state index is 12.5. The van der Waals surface area contributed by atoms with Crippen LogP contribution in [0.3, 0.4) is 0 Å². The molecule has 3 rings (SSSR count). The average Bonchev–Trinajstić information content (AvgIpc) is 2.75. The minimum Gasteiger partial charge on any atom is -0.495 e. The van der Waals surface area contributed by atoms with Crippen molar-refractivity contribution in [1.82, 2.24) is 4.90 Å². The summed E-state index contributed by atoms with van der Waals surface area (Å²) in [6.07, 6.45) is -0.165. The minimum atomic E-state index is -0.314. The van der Waals surface area contributed by atoms with Gasteiger partial charge < -0.3 is 24.6 Å². The van der Waals surface area contributed by atoms with Crippen LogP contribution in [0.4, 0.5) is 11.4 Å². The van der Waals surface area contributed by atoms with Gasteiger partial charge in [-0.15, -0.1) is 0 Å². The summed E-state index contributed by atoms with van der Waals surface area (Å²) >= 11 is 0. The lowest BCUT2D eigenvalue weighted by Crippen LogP contribution is -2.49. The summed E-state index contributed by atoms with van der Waals surface area (Å²) in [6.45, 7) is 5.06. The first-order valence-corrected chi connectivity index (χ1v) is 9.79. The van der Waals surface area contributed by atoms with Crippen LogP contribution in [0.25, 0.3) is 0 Å². The molecule has 0 spiro atoms. The van der Waals surface area contributed by atoms with E-state index >= 15 is 0 Å². The zero-order valence-corrected chi connectivity index (χ0v) is 16.9. The van der Waals surface area contributed by atoms with Gasteiger partial charge in [-0.2, -0.15) is 0 Å². The molecule has 1 fully saturated rings. The molecule has 0 bridgehead atoms. The zero-order valence-electron chi connectivity index (χ0n) is 16.9. The van der Waals surface area contributed by atoms with Gasteiger partial charge in [0.25, 0.3) is 0 Å². The number of anilines is 2. The molecular weight excluding hydrogens is 370 g/mol. The van der Waals surface area contributed by atoms with E-state index in [1.54, 1.807) is 36.3 Å². The van der Waals surface area contributed by atoms with Crippen LogP contribution in [-0.4, -0.2) is 56.6 Å². The first-order chi connectivity index (χ1) is 14.1. The third-order valence-electron chi connectivity index (χ3n) is 4.82. The predicted octanol–water partition coefficient (Wildman–Crippen LogP) is 2.77. The van der Waals surface area contributed by atoms with Gasteiger partial charge in [-0.05, 0) is 43.3 Å². The van der Waals surface area contributed by atoms with Crippen LogP contribution in [0, 0.1) is 0 Å². The standard InChI is InChI=1S/C22H27N3O4/c1-3-29-18-10-8-17(9-11-18)23-21(26)16-22(27)25-14-12-24(13-15-25)19-6-4-5-7-20(19)28-2/h4-11H,3,12-16H2,1-2H3,(H,23,26). The van der Waals surface area contributed by atoms with Crippen LogP contribution in [0.1, 0.15) is 13.3 Å². The number of para-hydroxylation sites is 2. The zero-order chi connectivity index (χ0) is 20.6. The Kier molecular flexibility index (Phi) is 6.94. The van der Waals surface area contributed by atoms with Crippen LogP contribution in [0.2, 0.25) is 0 Å². The van der Waals surface area contributed by atoms with E-state index in [-0.39, 0.29) is 18.2 Å². The largest absolute Gasteiger partial charge is 0.495 e. The summed E-state index contributed by atoms with van der Waals surface area (Å²) < 4.78 is 10.8. The molecule has 1 aliphatic heterocycles. The highest BCUT2D eigenvalue weighted by Crippen LogP contribution is 2.28. The number of methoxy groups -OCH3 is 1. The van der Waals surface area contributed by atoms with Crippen LogP contribution >= 0.6 is 0 Å². The number of nitrogens with zero attached hydrogens (tertiary/aromatic N) is 2. The Bertz CT molecular complexity index is 830. The number of nitrogens with one attached hydrogen (secondary N) is 1. The molecule has 0 aromatic heterocycles. The normalized spacial score (nSPS) is 13.7. The number of hydrogen-bond acceptors (Lipinski definition) is 5. The number of amides is 2. The van der Waals surface area contributed by atoms with Gasteiger partial charge in [-0.3, -0.25) is 9.59 Å². The van der Waals surface area contributed by atoms with E-state index in [0.29, 0.717) is 38.5 Å². The molecule has 1 saturated heterocycles. The molecule has 1 N–H and O–H groups in total. The molecule has 0 radical (unpaired) electrons. The lowest BCUT2D eigenvalue weighted by molar-refractivity contribution is -0.134. The number of carbonyl (C=O) groups is 2. The summed E-state index contributed by atoms with van der Waals surface area (Å²) in [6, 6.07) is 15.0. The molecule has 1 aliphatic rings. The van der Waals surface area contributed by atoms with Crippen molar-refractivity contribution in [3.8, 4) is 11.5 Å². The molecule has 0 unspecified atom stereocenters. The van der Waals surface area contributed by atoms with Crippen molar-refractivity contribution in [3.63, 3.8) is 0 Å². The van der Waals surface area contributed by atoms with E-state index in [2.05, 4.69) is 10.2 Å². The van der Waals surface area contributed by atoms with Crippen molar-refractivity contribution in [3.05, 3.63) is 48.5 Å². The van der Waals surface area contributed by atoms with Gasteiger partial charge in [-0.25, -0.2) is 0 Å². The minimum absolute atomic E-state index is 0.159. The Morgan fingerprint density at radius 2 is 1.69 bits per heavy atom. The van der Waals surface area contributed by atoms with Crippen LogP contribution < -0.4 is 19.7 Å². The number of benzene rings is 2. The van der Waals surface area contributed by atoms with Crippen molar-refractivity contribution in [2.45, 2.75) is 13.3 Å². The Balaban J connectivity index is 1.48. The number of hydrogen-bond donors (Lipinski definition) is 1. The van der Waals surface area contributed by atoms with Gasteiger partial charge >= 0.3 is 0 Å². The van der Waals surface area contributed by atoms with Crippen LogP contribution in [0.15, 0.2) is 48.5 Å². The highest BCUT2D eigenvalue weighted by Gasteiger charge is 2.24. The van der Waals surface area contributed by atoms with Gasteiger partial charge in [0.1, 0.15) is 17.9 Å². The van der Waals surface area contributed by atoms with E-state index < -0.39 is 0 Å². The van der Waals surface area contributed by atoms with E-state index in [1.165, 1.54) is 0 Å². The fourth-order valence-corrected chi connectivity index (χ4v) is 3.34. The Hall–Kier alpha value is -3.22. The Morgan fingerprint density at radius 1 is 1.00 bits per heavy atom. The number of rotatable bonds is 7. The molecule has 2 aromatic carbocycles. The molecule has 1 heterocycles. The summed E-state index contributed by atoms with van der Waals surface area (Å²) in [7, 11) is 1.65. The van der Waals surface area contributed by atoms with Crippen molar-refractivity contribution >= 4 is 23.2 Å². The Morgan fingerprint density at radius 3 is 2.34 bits per heavy atom.